The molecule has 0 fully saturated rings. The number of carbonyl (C=O) groups is 1. The molecule has 0 saturated heterocycles. The van der Waals surface area contributed by atoms with Crippen molar-refractivity contribution in [2.75, 3.05) is 13.2 Å². The Kier molecular flexibility index (Phi) is 6.65. The van der Waals surface area contributed by atoms with Crippen LogP contribution in [0.1, 0.15) is 45.6 Å². The van der Waals surface area contributed by atoms with Gasteiger partial charge in [0.05, 0.1) is 18.6 Å². The van der Waals surface area contributed by atoms with E-state index in [1.165, 1.54) is 12.1 Å². The van der Waals surface area contributed by atoms with Gasteiger partial charge in [-0.3, -0.25) is 4.79 Å². The summed E-state index contributed by atoms with van der Waals surface area (Å²) in [6.07, 6.45) is 1.84. The van der Waals surface area contributed by atoms with E-state index in [9.17, 15) is 9.18 Å². The van der Waals surface area contributed by atoms with Crippen LogP contribution < -0.4 is 5.32 Å². The van der Waals surface area contributed by atoms with E-state index in [4.69, 9.17) is 4.74 Å². The lowest BCUT2D eigenvalue weighted by molar-refractivity contribution is -0.145. The highest BCUT2D eigenvalue weighted by atomic mass is 19.1. The summed E-state index contributed by atoms with van der Waals surface area (Å²) in [5, 5.41) is 3.40. The lowest BCUT2D eigenvalue weighted by atomic mass is 9.83. The maximum atomic E-state index is 13.5. The average molecular weight is 281 g/mol. The molecule has 20 heavy (non-hydrogen) atoms. The van der Waals surface area contributed by atoms with Crippen molar-refractivity contribution in [1.82, 2.24) is 5.32 Å². The van der Waals surface area contributed by atoms with E-state index >= 15 is 0 Å². The van der Waals surface area contributed by atoms with E-state index in [-0.39, 0.29) is 18.2 Å². The van der Waals surface area contributed by atoms with Crippen molar-refractivity contribution in [3.8, 4) is 0 Å². The van der Waals surface area contributed by atoms with Crippen molar-refractivity contribution >= 4 is 5.97 Å². The largest absolute Gasteiger partial charge is 0.466 e. The van der Waals surface area contributed by atoms with Crippen LogP contribution in [0.25, 0.3) is 0 Å². The molecule has 0 aliphatic heterocycles. The van der Waals surface area contributed by atoms with E-state index < -0.39 is 5.54 Å². The van der Waals surface area contributed by atoms with Gasteiger partial charge in [0.15, 0.2) is 0 Å². The van der Waals surface area contributed by atoms with E-state index in [1.54, 1.807) is 13.0 Å². The third kappa shape index (κ3) is 4.30. The first-order valence-corrected chi connectivity index (χ1v) is 7.24. The molecule has 0 spiro atoms. The minimum absolute atomic E-state index is 0.209. The molecule has 1 unspecified atom stereocenters. The lowest BCUT2D eigenvalue weighted by Gasteiger charge is -2.34. The molecule has 1 atom stereocenters. The summed E-state index contributed by atoms with van der Waals surface area (Å²) in [5.74, 6) is -0.551. The van der Waals surface area contributed by atoms with Gasteiger partial charge in [-0.25, -0.2) is 4.39 Å². The Morgan fingerprint density at radius 2 is 2.10 bits per heavy atom. The molecule has 0 bridgehead atoms. The Labute approximate surface area is 120 Å². The Balaban J connectivity index is 3.06. The molecule has 1 aromatic rings. The summed E-state index contributed by atoms with van der Waals surface area (Å²) < 4.78 is 18.6. The first kappa shape index (κ1) is 16.6. The number of ether oxygens (including phenoxy) is 1. The van der Waals surface area contributed by atoms with Crippen LogP contribution in [0, 0.1) is 5.82 Å². The van der Waals surface area contributed by atoms with Crippen LogP contribution in [0.2, 0.25) is 0 Å². The van der Waals surface area contributed by atoms with Gasteiger partial charge in [-0.05, 0) is 44.0 Å². The molecule has 3 nitrogen and oxygen atoms in total. The fourth-order valence-corrected chi connectivity index (χ4v) is 2.33. The topological polar surface area (TPSA) is 38.3 Å². The number of esters is 1. The predicted molar refractivity (Wildman–Crippen MR) is 77.9 cm³/mol. The minimum atomic E-state index is -0.565. The molecule has 0 saturated carbocycles. The van der Waals surface area contributed by atoms with E-state index in [0.29, 0.717) is 13.0 Å². The van der Waals surface area contributed by atoms with Crippen molar-refractivity contribution in [3.05, 3.63) is 35.6 Å². The molecule has 1 rings (SSSR count). The van der Waals surface area contributed by atoms with Crippen LogP contribution in [0.4, 0.5) is 4.39 Å². The Morgan fingerprint density at radius 1 is 1.35 bits per heavy atom. The second-order valence-corrected chi connectivity index (χ2v) is 4.85. The number of rotatable bonds is 8. The number of carbonyl (C=O) groups excluding carboxylic acids is 1. The number of nitrogens with one attached hydrogen (secondary N) is 1. The molecule has 1 aromatic carbocycles. The summed E-state index contributed by atoms with van der Waals surface area (Å²) in [7, 11) is 0. The summed E-state index contributed by atoms with van der Waals surface area (Å²) in [6, 6.07) is 6.43. The van der Waals surface area contributed by atoms with Crippen LogP contribution >= 0.6 is 0 Å². The molecular formula is C16H24FNO2. The van der Waals surface area contributed by atoms with Gasteiger partial charge in [0.2, 0.25) is 0 Å². The van der Waals surface area contributed by atoms with Crippen LogP contribution in [0.15, 0.2) is 24.3 Å². The van der Waals surface area contributed by atoms with Crippen molar-refractivity contribution in [2.45, 2.75) is 45.6 Å². The van der Waals surface area contributed by atoms with Crippen LogP contribution in [-0.4, -0.2) is 19.1 Å². The van der Waals surface area contributed by atoms with E-state index in [2.05, 4.69) is 12.2 Å². The van der Waals surface area contributed by atoms with Gasteiger partial charge < -0.3 is 10.1 Å². The molecule has 112 valence electrons. The Bertz CT molecular complexity index is 436. The van der Waals surface area contributed by atoms with Gasteiger partial charge in [-0.2, -0.15) is 0 Å². The summed E-state index contributed by atoms with van der Waals surface area (Å²) in [6.45, 7) is 6.96. The highest BCUT2D eigenvalue weighted by Gasteiger charge is 2.33. The molecule has 1 N–H and O–H groups in total. The average Bonchev–Trinajstić information content (AvgIpc) is 2.44. The second kappa shape index (κ2) is 8.00. The number of halogens is 1. The van der Waals surface area contributed by atoms with Gasteiger partial charge in [0.1, 0.15) is 5.82 Å². The first-order chi connectivity index (χ1) is 9.57. The van der Waals surface area contributed by atoms with Gasteiger partial charge in [-0.15, -0.1) is 0 Å². The fourth-order valence-electron chi connectivity index (χ4n) is 2.33. The highest BCUT2D eigenvalue weighted by Crippen LogP contribution is 2.30. The monoisotopic (exact) mass is 281 g/mol. The molecule has 0 amide bonds. The third-order valence-corrected chi connectivity index (χ3v) is 3.45. The zero-order chi connectivity index (χ0) is 15.0. The zero-order valence-corrected chi connectivity index (χ0v) is 12.5. The summed E-state index contributed by atoms with van der Waals surface area (Å²) >= 11 is 0. The van der Waals surface area contributed by atoms with Gasteiger partial charge in [0, 0.05) is 0 Å². The zero-order valence-electron chi connectivity index (χ0n) is 12.5. The summed E-state index contributed by atoms with van der Waals surface area (Å²) in [5.41, 5.74) is 0.228. The molecule has 0 radical (unpaired) electrons. The molecule has 0 aliphatic rings. The smallest absolute Gasteiger partial charge is 0.308 e. The van der Waals surface area contributed by atoms with Gasteiger partial charge in [0.25, 0.3) is 0 Å². The maximum Gasteiger partial charge on any atom is 0.308 e. The summed E-state index contributed by atoms with van der Waals surface area (Å²) in [4.78, 5) is 11.9. The lowest BCUT2D eigenvalue weighted by Crippen LogP contribution is -2.44. The van der Waals surface area contributed by atoms with Crippen LogP contribution in [0.5, 0.6) is 0 Å². The first-order valence-electron chi connectivity index (χ1n) is 7.24. The SMILES string of the molecule is CCCNC(CC)(CC(=O)OCC)c1cccc(F)c1. The molecular weight excluding hydrogens is 257 g/mol. The van der Waals surface area contributed by atoms with Crippen molar-refractivity contribution in [1.29, 1.82) is 0 Å². The molecule has 0 aliphatic carbocycles. The highest BCUT2D eigenvalue weighted by molar-refractivity contribution is 5.71. The van der Waals surface area contributed by atoms with Crippen LogP contribution in [0.3, 0.4) is 0 Å². The fraction of sp³-hybridized carbons (Fsp3) is 0.562. The quantitative estimate of drug-likeness (QED) is 0.742. The van der Waals surface area contributed by atoms with Crippen molar-refractivity contribution in [3.63, 3.8) is 0 Å². The molecule has 4 heteroatoms. The maximum absolute atomic E-state index is 13.5. The Hall–Kier alpha value is -1.42. The van der Waals surface area contributed by atoms with Crippen LogP contribution in [-0.2, 0) is 15.1 Å². The third-order valence-electron chi connectivity index (χ3n) is 3.45. The van der Waals surface area contributed by atoms with Gasteiger partial charge in [-0.1, -0.05) is 26.0 Å². The predicted octanol–water partition coefficient (Wildman–Crippen LogP) is 3.38. The molecule has 0 aromatic heterocycles. The number of hydrogen-bond acceptors (Lipinski definition) is 3. The van der Waals surface area contributed by atoms with E-state index in [0.717, 1.165) is 18.5 Å². The standard InChI is InChI=1S/C16H24FNO2/c1-4-10-18-16(5-2,12-15(19)20-6-3)13-8-7-9-14(17)11-13/h7-9,11,18H,4-6,10,12H2,1-3H3. The van der Waals surface area contributed by atoms with E-state index in [1.807, 2.05) is 13.0 Å². The minimum Gasteiger partial charge on any atom is -0.466 e. The molecule has 0 heterocycles. The number of hydrogen-bond donors (Lipinski definition) is 1. The normalized spacial score (nSPS) is 13.8. The second-order valence-electron chi connectivity index (χ2n) is 4.85. The Morgan fingerprint density at radius 3 is 2.65 bits per heavy atom. The van der Waals surface area contributed by atoms with Gasteiger partial charge >= 0.3 is 5.97 Å². The van der Waals surface area contributed by atoms with Crippen molar-refractivity contribution in [2.24, 2.45) is 0 Å². The van der Waals surface area contributed by atoms with Crippen molar-refractivity contribution < 1.29 is 13.9 Å². The number of benzene rings is 1.